The molecule has 6 heavy (non-hydrogen) atoms. The van der Waals surface area contributed by atoms with Crippen LogP contribution < -0.4 is 5.11 Å². The van der Waals surface area contributed by atoms with Gasteiger partial charge in [-0.05, 0) is 6.92 Å². The van der Waals surface area contributed by atoms with Crippen molar-refractivity contribution in [3.8, 4) is 0 Å². The van der Waals surface area contributed by atoms with E-state index in [1.165, 1.54) is 13.1 Å². The van der Waals surface area contributed by atoms with E-state index in [1.807, 2.05) is 0 Å². The van der Waals surface area contributed by atoms with Gasteiger partial charge in [0.05, 0.1) is 0 Å². The molecule has 0 heterocycles. The first kappa shape index (κ1) is 5.34. The lowest BCUT2D eigenvalue weighted by Crippen LogP contribution is -1.98. The summed E-state index contributed by atoms with van der Waals surface area (Å²) in [7, 11) is 1.47. The predicted molar refractivity (Wildman–Crippen MR) is 23.0 cm³/mol. The van der Waals surface area contributed by atoms with Crippen LogP contribution >= 0.6 is 0 Å². The minimum absolute atomic E-state index is 0.157. The quantitative estimate of drug-likeness (QED) is 0.419. The highest BCUT2D eigenvalue weighted by molar-refractivity contribution is 5.01. The van der Waals surface area contributed by atoms with E-state index in [0.29, 0.717) is 0 Å². The van der Waals surface area contributed by atoms with Gasteiger partial charge in [0.1, 0.15) is 0 Å². The summed E-state index contributed by atoms with van der Waals surface area (Å²) in [6, 6.07) is 0. The molecule has 0 rings (SSSR count). The summed E-state index contributed by atoms with van der Waals surface area (Å²) in [6.45, 7) is 1.66. The Morgan fingerprint density at radius 1 is 1.83 bits per heavy atom. The van der Waals surface area contributed by atoms with Crippen molar-refractivity contribution in [3.05, 3.63) is 17.3 Å². The first-order valence-corrected chi connectivity index (χ1v) is 1.74. The van der Waals surface area contributed by atoms with E-state index in [0.717, 1.165) is 0 Å². The van der Waals surface area contributed by atoms with Gasteiger partial charge in [-0.25, -0.2) is 5.88 Å². The normalized spacial score (nSPS) is 11.3. The fraction of sp³-hybridized carbons (Fsp3) is 0.500. The molecule has 0 aromatic rings. The van der Waals surface area contributed by atoms with Gasteiger partial charge in [0, 0.05) is 0 Å². The van der Waals surface area contributed by atoms with Crippen molar-refractivity contribution >= 4 is 0 Å². The second-order valence-corrected chi connectivity index (χ2v) is 0.851. The van der Waals surface area contributed by atoms with E-state index >= 15 is 0 Å². The molecule has 2 nitrogen and oxygen atoms in total. The monoisotopic (exact) mass is 85.1 g/mol. The van der Waals surface area contributed by atoms with Gasteiger partial charge in [-0.15, -0.1) is 13.1 Å². The molecule has 0 amide bonds. The standard InChI is InChI=1S/C4H8NO/c1-3-4(6)5-2/h3,6H,1-2H3/q-1/p-1. The molecule has 0 aliphatic rings. The number of allylic oxidation sites excluding steroid dienone is 1. The van der Waals surface area contributed by atoms with Gasteiger partial charge in [0.2, 0.25) is 0 Å². The Morgan fingerprint density at radius 2 is 2.33 bits per heavy atom. The number of hydrogen-bond donors (Lipinski definition) is 0. The lowest BCUT2D eigenvalue weighted by atomic mass is 10.6. The smallest absolute Gasteiger partial charge is 0.0491 e. The third-order valence-electron chi connectivity index (χ3n) is 0.467. The van der Waals surface area contributed by atoms with Gasteiger partial charge in [0.15, 0.2) is 0 Å². The van der Waals surface area contributed by atoms with E-state index < -0.39 is 0 Å². The molecule has 0 bridgehead atoms. The molecule has 0 N–H and O–H groups in total. The average molecular weight is 85.1 g/mol. The van der Waals surface area contributed by atoms with Crippen LogP contribution in [0.5, 0.6) is 0 Å². The van der Waals surface area contributed by atoms with Crippen molar-refractivity contribution in [1.82, 2.24) is 0 Å². The molecule has 0 saturated carbocycles. The van der Waals surface area contributed by atoms with E-state index in [-0.39, 0.29) is 5.88 Å². The van der Waals surface area contributed by atoms with Crippen LogP contribution in [0.15, 0.2) is 12.0 Å². The molecule has 0 saturated heterocycles. The third-order valence-corrected chi connectivity index (χ3v) is 0.467. The topological polar surface area (TPSA) is 37.2 Å². The Balaban J connectivity index is 3.22. The van der Waals surface area contributed by atoms with Crippen LogP contribution in [-0.4, -0.2) is 7.05 Å². The zero-order chi connectivity index (χ0) is 4.99. The molecule has 2 heteroatoms. The highest BCUT2D eigenvalue weighted by atomic mass is 16.3. The predicted octanol–water partition coefficient (Wildman–Crippen LogP) is 0.212. The number of nitrogens with zero attached hydrogens (tertiary/aromatic N) is 1. The van der Waals surface area contributed by atoms with Gasteiger partial charge < -0.3 is 10.4 Å². The zero-order valence-corrected chi connectivity index (χ0v) is 3.93. The van der Waals surface area contributed by atoms with Gasteiger partial charge in [-0.3, -0.25) is 0 Å². The van der Waals surface area contributed by atoms with Crippen LogP contribution in [0.2, 0.25) is 0 Å². The molecule has 0 aliphatic carbocycles. The Bertz CT molecular complexity index is 58.6. The summed E-state index contributed by atoms with van der Waals surface area (Å²) in [5.74, 6) is -0.157. The molecule has 36 valence electrons. The van der Waals surface area contributed by atoms with E-state index in [9.17, 15) is 5.11 Å². The number of rotatable bonds is 1. The maximum absolute atomic E-state index is 9.96. The van der Waals surface area contributed by atoms with Crippen molar-refractivity contribution in [2.24, 2.45) is 0 Å². The van der Waals surface area contributed by atoms with Crippen LogP contribution in [0.4, 0.5) is 0 Å². The highest BCUT2D eigenvalue weighted by Gasteiger charge is 1.43. The minimum Gasteiger partial charge on any atom is -0.889 e. The first-order chi connectivity index (χ1) is 2.81. The largest absolute Gasteiger partial charge is 0.889 e. The first-order valence-electron chi connectivity index (χ1n) is 1.74. The van der Waals surface area contributed by atoms with Gasteiger partial charge in [-0.1, -0.05) is 0 Å². The lowest BCUT2D eigenvalue weighted by molar-refractivity contribution is -0.297. The highest BCUT2D eigenvalue weighted by Crippen LogP contribution is 1.86. The van der Waals surface area contributed by atoms with E-state index in [1.54, 1.807) is 6.92 Å². The van der Waals surface area contributed by atoms with Crippen molar-refractivity contribution < 1.29 is 5.11 Å². The van der Waals surface area contributed by atoms with E-state index in [2.05, 4.69) is 5.32 Å². The molecule has 0 aromatic heterocycles. The fourth-order valence-electron chi connectivity index (χ4n) is 0.129. The van der Waals surface area contributed by atoms with Gasteiger partial charge in [0.25, 0.3) is 0 Å². The Labute approximate surface area is 37.5 Å². The van der Waals surface area contributed by atoms with Crippen LogP contribution in [0.1, 0.15) is 6.92 Å². The maximum Gasteiger partial charge on any atom is -0.0491 e. The molecule has 0 fully saturated rings. The van der Waals surface area contributed by atoms with Crippen LogP contribution in [0.3, 0.4) is 0 Å². The Hall–Kier alpha value is -0.660. The fourth-order valence-corrected chi connectivity index (χ4v) is 0.129. The lowest BCUT2D eigenvalue weighted by Gasteiger charge is -2.23. The minimum atomic E-state index is -0.157. The van der Waals surface area contributed by atoms with Crippen molar-refractivity contribution in [2.45, 2.75) is 6.92 Å². The van der Waals surface area contributed by atoms with Crippen molar-refractivity contribution in [3.63, 3.8) is 0 Å². The SMILES string of the molecule is CC=C([O-])[N-]C. The Morgan fingerprint density at radius 3 is 2.33 bits per heavy atom. The Kier molecular flexibility index (Phi) is 2.29. The average Bonchev–Trinajstić information content (AvgIpc) is 1.65. The summed E-state index contributed by atoms with van der Waals surface area (Å²) >= 11 is 0. The zero-order valence-electron chi connectivity index (χ0n) is 3.93. The molecule has 0 aromatic carbocycles. The second-order valence-electron chi connectivity index (χ2n) is 0.851. The van der Waals surface area contributed by atoms with Gasteiger partial charge in [-0.2, -0.15) is 0 Å². The van der Waals surface area contributed by atoms with Gasteiger partial charge >= 0.3 is 0 Å². The molecule has 0 atom stereocenters. The molecule has 0 radical (unpaired) electrons. The maximum atomic E-state index is 9.96. The van der Waals surface area contributed by atoms with Crippen molar-refractivity contribution in [1.29, 1.82) is 0 Å². The molecule has 0 unspecified atom stereocenters. The summed E-state index contributed by atoms with van der Waals surface area (Å²) in [6.07, 6.45) is 1.42. The third kappa shape index (κ3) is 1.64. The molecular weight excluding hydrogens is 78.0 g/mol. The summed E-state index contributed by atoms with van der Waals surface area (Å²) < 4.78 is 0. The second kappa shape index (κ2) is 2.57. The molecule has 0 aliphatic heterocycles. The van der Waals surface area contributed by atoms with Crippen LogP contribution in [-0.2, 0) is 0 Å². The number of hydrogen-bond acceptors (Lipinski definition) is 1. The summed E-state index contributed by atoms with van der Waals surface area (Å²) in [5.41, 5.74) is 0. The summed E-state index contributed by atoms with van der Waals surface area (Å²) in [5, 5.41) is 13.3. The van der Waals surface area contributed by atoms with Crippen molar-refractivity contribution in [2.75, 3.05) is 7.05 Å². The van der Waals surface area contributed by atoms with Crippen LogP contribution in [0.25, 0.3) is 5.32 Å². The molecular formula is C4H7NO-2. The van der Waals surface area contributed by atoms with E-state index in [4.69, 9.17) is 0 Å². The molecule has 0 spiro atoms. The summed E-state index contributed by atoms with van der Waals surface area (Å²) in [4.78, 5) is 0. The van der Waals surface area contributed by atoms with Crippen LogP contribution in [0, 0.1) is 0 Å².